The first kappa shape index (κ1) is 16.1. The summed E-state index contributed by atoms with van der Waals surface area (Å²) in [6.45, 7) is 12.2. The smallest absolute Gasteiger partial charge is 0.242 e. The minimum absolute atomic E-state index is 0.0318. The maximum Gasteiger partial charge on any atom is 0.242 e. The van der Waals surface area contributed by atoms with Crippen LogP contribution in [0.2, 0.25) is 0 Å². The molecule has 1 aromatic heterocycles. The second kappa shape index (κ2) is 5.48. The van der Waals surface area contributed by atoms with Crippen molar-refractivity contribution in [3.05, 3.63) is 23.0 Å². The molecular formula is C17H28N2O2. The number of nitrogens with one attached hydrogen (secondary N) is 1. The van der Waals surface area contributed by atoms with Crippen molar-refractivity contribution in [1.82, 2.24) is 9.88 Å². The third-order valence-corrected chi connectivity index (χ3v) is 4.32. The molecule has 2 unspecified atom stereocenters. The first-order chi connectivity index (χ1) is 9.62. The van der Waals surface area contributed by atoms with Crippen molar-refractivity contribution in [2.45, 2.75) is 72.6 Å². The van der Waals surface area contributed by atoms with E-state index in [1.54, 1.807) is 0 Å². The molecule has 4 nitrogen and oxygen atoms in total. The number of hydrogen-bond acceptors (Lipinski definition) is 2. The molecule has 1 aromatic rings. The lowest BCUT2D eigenvalue weighted by atomic mass is 9.75. The van der Waals surface area contributed by atoms with Gasteiger partial charge in [-0.2, -0.15) is 0 Å². The molecule has 1 aliphatic carbocycles. The molecule has 118 valence electrons. The number of carbonyl (C=O) groups is 1. The van der Waals surface area contributed by atoms with Gasteiger partial charge in [0, 0.05) is 23.0 Å². The monoisotopic (exact) mass is 292 g/mol. The maximum atomic E-state index is 12.3. The molecule has 0 aromatic carbocycles. The fourth-order valence-electron chi connectivity index (χ4n) is 3.43. The number of rotatable bonds is 3. The number of amides is 1. The molecule has 1 aliphatic rings. The van der Waals surface area contributed by atoms with E-state index >= 15 is 0 Å². The number of hydrogen-bond donors (Lipinski definition) is 2. The van der Waals surface area contributed by atoms with E-state index in [1.807, 2.05) is 33.8 Å². The molecule has 0 aliphatic heterocycles. The van der Waals surface area contributed by atoms with E-state index in [2.05, 4.69) is 23.7 Å². The van der Waals surface area contributed by atoms with E-state index in [-0.39, 0.29) is 23.4 Å². The standard InChI is InChI=1S/C17H28N2O2/c1-10(2)18-16(21)12(4)19-11(3)7-13-14(19)8-17(5,6)9-15(13)20/h7,10,12,15,20H,8-9H2,1-6H3,(H,18,21). The van der Waals surface area contributed by atoms with E-state index < -0.39 is 6.10 Å². The number of aliphatic hydroxyl groups is 1. The molecule has 4 heteroatoms. The van der Waals surface area contributed by atoms with Gasteiger partial charge in [-0.3, -0.25) is 4.79 Å². The van der Waals surface area contributed by atoms with Crippen LogP contribution >= 0.6 is 0 Å². The lowest BCUT2D eigenvalue weighted by molar-refractivity contribution is -0.124. The summed E-state index contributed by atoms with van der Waals surface area (Å²) in [6.07, 6.45) is 1.24. The molecule has 2 rings (SSSR count). The minimum Gasteiger partial charge on any atom is -0.388 e. The summed E-state index contributed by atoms with van der Waals surface area (Å²) in [5, 5.41) is 13.4. The van der Waals surface area contributed by atoms with Crippen LogP contribution in [0.15, 0.2) is 6.07 Å². The van der Waals surface area contributed by atoms with Gasteiger partial charge in [0.25, 0.3) is 0 Å². The molecule has 0 radical (unpaired) electrons. The number of aromatic nitrogens is 1. The van der Waals surface area contributed by atoms with Gasteiger partial charge in [-0.05, 0) is 52.0 Å². The van der Waals surface area contributed by atoms with Gasteiger partial charge >= 0.3 is 0 Å². The minimum atomic E-state index is -0.427. The zero-order chi connectivity index (χ0) is 15.9. The summed E-state index contributed by atoms with van der Waals surface area (Å²) in [6, 6.07) is 1.92. The lowest BCUT2D eigenvalue weighted by Gasteiger charge is -2.34. The van der Waals surface area contributed by atoms with E-state index in [1.165, 1.54) is 0 Å². The van der Waals surface area contributed by atoms with Crippen LogP contribution in [0.1, 0.15) is 70.1 Å². The Balaban J connectivity index is 2.40. The average molecular weight is 292 g/mol. The van der Waals surface area contributed by atoms with Crippen LogP contribution in [0.25, 0.3) is 0 Å². The quantitative estimate of drug-likeness (QED) is 0.900. The van der Waals surface area contributed by atoms with Crippen molar-refractivity contribution in [1.29, 1.82) is 0 Å². The van der Waals surface area contributed by atoms with Gasteiger partial charge in [0.1, 0.15) is 6.04 Å². The Labute approximate surface area is 127 Å². The van der Waals surface area contributed by atoms with Crippen LogP contribution in [-0.2, 0) is 11.2 Å². The predicted octanol–water partition coefficient (Wildman–Crippen LogP) is 2.89. The number of aliphatic hydroxyl groups excluding tert-OH is 1. The number of nitrogens with zero attached hydrogens (tertiary/aromatic N) is 1. The van der Waals surface area contributed by atoms with Gasteiger partial charge in [0.2, 0.25) is 5.91 Å². The molecular weight excluding hydrogens is 264 g/mol. The van der Waals surface area contributed by atoms with Crippen LogP contribution in [0.3, 0.4) is 0 Å². The second-order valence-electron chi connectivity index (χ2n) is 7.46. The Bertz CT molecular complexity index is 543. The van der Waals surface area contributed by atoms with Crippen molar-refractivity contribution in [3.63, 3.8) is 0 Å². The van der Waals surface area contributed by atoms with Crippen LogP contribution < -0.4 is 5.32 Å². The van der Waals surface area contributed by atoms with Crippen molar-refractivity contribution < 1.29 is 9.90 Å². The third-order valence-electron chi connectivity index (χ3n) is 4.32. The Hall–Kier alpha value is -1.29. The maximum absolute atomic E-state index is 12.3. The molecule has 0 saturated heterocycles. The summed E-state index contributed by atoms with van der Waals surface area (Å²) in [5.41, 5.74) is 3.21. The number of fused-ring (bicyclic) bond motifs is 1. The Morgan fingerprint density at radius 2 is 2.05 bits per heavy atom. The Morgan fingerprint density at radius 1 is 1.43 bits per heavy atom. The molecule has 1 amide bonds. The van der Waals surface area contributed by atoms with Crippen molar-refractivity contribution in [2.75, 3.05) is 0 Å². The first-order valence-corrected chi connectivity index (χ1v) is 7.81. The average Bonchev–Trinajstić information content (AvgIpc) is 2.62. The van der Waals surface area contributed by atoms with Crippen molar-refractivity contribution in [2.24, 2.45) is 5.41 Å². The molecule has 2 atom stereocenters. The summed E-state index contributed by atoms with van der Waals surface area (Å²) in [7, 11) is 0. The lowest BCUT2D eigenvalue weighted by Crippen LogP contribution is -2.37. The van der Waals surface area contributed by atoms with Crippen molar-refractivity contribution >= 4 is 5.91 Å². The summed E-state index contributed by atoms with van der Waals surface area (Å²) < 4.78 is 2.09. The largest absolute Gasteiger partial charge is 0.388 e. The summed E-state index contributed by atoms with van der Waals surface area (Å²) in [4.78, 5) is 12.3. The molecule has 2 N–H and O–H groups in total. The van der Waals surface area contributed by atoms with E-state index in [0.717, 1.165) is 29.8 Å². The SMILES string of the molecule is Cc1cc2c(n1C(C)C(=O)NC(C)C)CC(C)(C)CC2O. The van der Waals surface area contributed by atoms with Gasteiger partial charge < -0.3 is 15.0 Å². The molecule has 0 fully saturated rings. The second-order valence-corrected chi connectivity index (χ2v) is 7.46. The van der Waals surface area contributed by atoms with E-state index in [4.69, 9.17) is 0 Å². The zero-order valence-electron chi connectivity index (χ0n) is 14.0. The van der Waals surface area contributed by atoms with E-state index in [9.17, 15) is 9.90 Å². The van der Waals surface area contributed by atoms with Gasteiger partial charge in [0.05, 0.1) is 6.10 Å². The number of aryl methyl sites for hydroxylation is 1. The van der Waals surface area contributed by atoms with Crippen LogP contribution in [0, 0.1) is 12.3 Å². The Kier molecular flexibility index (Phi) is 4.20. The van der Waals surface area contributed by atoms with E-state index in [0.29, 0.717) is 0 Å². The van der Waals surface area contributed by atoms with Gasteiger partial charge in [0.15, 0.2) is 0 Å². The van der Waals surface area contributed by atoms with Gasteiger partial charge in [-0.1, -0.05) is 13.8 Å². The third kappa shape index (κ3) is 3.15. The molecule has 0 saturated carbocycles. The predicted molar refractivity (Wildman–Crippen MR) is 84.2 cm³/mol. The first-order valence-electron chi connectivity index (χ1n) is 7.81. The zero-order valence-corrected chi connectivity index (χ0v) is 14.0. The summed E-state index contributed by atoms with van der Waals surface area (Å²) in [5.74, 6) is 0.0318. The highest BCUT2D eigenvalue weighted by Gasteiger charge is 2.35. The highest BCUT2D eigenvalue weighted by molar-refractivity contribution is 5.80. The Morgan fingerprint density at radius 3 is 2.62 bits per heavy atom. The number of carbonyl (C=O) groups excluding carboxylic acids is 1. The highest BCUT2D eigenvalue weighted by Crippen LogP contribution is 2.42. The van der Waals surface area contributed by atoms with Crippen molar-refractivity contribution in [3.8, 4) is 0 Å². The molecule has 1 heterocycles. The van der Waals surface area contributed by atoms with Crippen LogP contribution in [0.4, 0.5) is 0 Å². The fraction of sp³-hybridized carbons (Fsp3) is 0.706. The van der Waals surface area contributed by atoms with Gasteiger partial charge in [-0.25, -0.2) is 0 Å². The topological polar surface area (TPSA) is 54.3 Å². The van der Waals surface area contributed by atoms with Crippen LogP contribution in [-0.4, -0.2) is 21.6 Å². The molecule has 0 spiro atoms. The van der Waals surface area contributed by atoms with Gasteiger partial charge in [-0.15, -0.1) is 0 Å². The molecule has 0 bridgehead atoms. The fourth-order valence-corrected chi connectivity index (χ4v) is 3.43. The molecule has 21 heavy (non-hydrogen) atoms. The highest BCUT2D eigenvalue weighted by atomic mass is 16.3. The van der Waals surface area contributed by atoms with Crippen LogP contribution in [0.5, 0.6) is 0 Å². The summed E-state index contributed by atoms with van der Waals surface area (Å²) >= 11 is 0. The normalized spacial score (nSPS) is 22.0.